The monoisotopic (exact) mass is 346 g/mol. The minimum absolute atomic E-state index is 0.0490. The Morgan fingerprint density at radius 3 is 2.58 bits per heavy atom. The zero-order chi connectivity index (χ0) is 17.2. The van der Waals surface area contributed by atoms with E-state index in [4.69, 9.17) is 0 Å². The molecule has 1 aliphatic rings. The van der Waals surface area contributed by atoms with Crippen LogP contribution in [0.2, 0.25) is 0 Å². The number of rotatable bonds is 3. The standard InChI is InChI=1S/C17H18N2O4S/c20-19(21)15-9-6-10-16(13-15)24(22,23)18-12-5-1-2-7-14-8-3-4-11-17(14)18/h3-4,6,8-11,13H,1-2,5,7,12H2. The molecule has 6 nitrogen and oxygen atoms in total. The van der Waals surface area contributed by atoms with Crippen LogP contribution in [-0.2, 0) is 16.4 Å². The average molecular weight is 346 g/mol. The quantitative estimate of drug-likeness (QED) is 0.629. The number of hydrogen-bond acceptors (Lipinski definition) is 4. The number of aryl methyl sites for hydroxylation is 1. The molecule has 126 valence electrons. The van der Waals surface area contributed by atoms with E-state index in [2.05, 4.69) is 0 Å². The van der Waals surface area contributed by atoms with Gasteiger partial charge in [-0.25, -0.2) is 8.42 Å². The summed E-state index contributed by atoms with van der Waals surface area (Å²) in [4.78, 5) is 10.3. The Kier molecular flexibility index (Phi) is 4.53. The highest BCUT2D eigenvalue weighted by Crippen LogP contribution is 2.31. The molecule has 0 atom stereocenters. The summed E-state index contributed by atoms with van der Waals surface area (Å²) in [6, 6.07) is 12.7. The van der Waals surface area contributed by atoms with Crippen LogP contribution in [-0.4, -0.2) is 19.9 Å². The highest BCUT2D eigenvalue weighted by Gasteiger charge is 2.28. The first-order valence-electron chi connectivity index (χ1n) is 7.85. The van der Waals surface area contributed by atoms with Gasteiger partial charge >= 0.3 is 0 Å². The third-order valence-corrected chi connectivity index (χ3v) is 5.99. The summed E-state index contributed by atoms with van der Waals surface area (Å²) in [5.74, 6) is 0. The van der Waals surface area contributed by atoms with Gasteiger partial charge in [0, 0.05) is 18.7 Å². The fourth-order valence-electron chi connectivity index (χ4n) is 2.97. The summed E-state index contributed by atoms with van der Waals surface area (Å²) in [7, 11) is -3.84. The molecule has 0 fully saturated rings. The zero-order valence-electron chi connectivity index (χ0n) is 13.1. The minimum atomic E-state index is -3.84. The van der Waals surface area contributed by atoms with Crippen molar-refractivity contribution in [3.63, 3.8) is 0 Å². The molecule has 7 heteroatoms. The van der Waals surface area contributed by atoms with Gasteiger partial charge in [0.05, 0.1) is 15.5 Å². The molecule has 0 saturated carbocycles. The average Bonchev–Trinajstić information content (AvgIpc) is 2.55. The molecule has 0 unspecified atom stereocenters. The van der Waals surface area contributed by atoms with E-state index in [0.717, 1.165) is 37.3 Å². The second-order valence-electron chi connectivity index (χ2n) is 5.77. The van der Waals surface area contributed by atoms with Crippen LogP contribution in [0.3, 0.4) is 0 Å². The Bertz CT molecular complexity index is 864. The van der Waals surface area contributed by atoms with Gasteiger partial charge < -0.3 is 0 Å². The smallest absolute Gasteiger partial charge is 0.266 e. The van der Waals surface area contributed by atoms with Crippen molar-refractivity contribution in [3.8, 4) is 0 Å². The first-order chi connectivity index (χ1) is 11.5. The number of nitro groups is 1. The van der Waals surface area contributed by atoms with Gasteiger partial charge in [-0.2, -0.15) is 0 Å². The van der Waals surface area contributed by atoms with Crippen LogP contribution in [0.25, 0.3) is 0 Å². The van der Waals surface area contributed by atoms with E-state index in [1.54, 1.807) is 6.07 Å². The maximum absolute atomic E-state index is 13.1. The van der Waals surface area contributed by atoms with Gasteiger partial charge in [-0.1, -0.05) is 30.7 Å². The molecular weight excluding hydrogens is 328 g/mol. The molecule has 0 spiro atoms. The van der Waals surface area contributed by atoms with Crippen LogP contribution in [0.1, 0.15) is 24.8 Å². The van der Waals surface area contributed by atoms with Crippen molar-refractivity contribution < 1.29 is 13.3 Å². The van der Waals surface area contributed by atoms with E-state index in [9.17, 15) is 18.5 Å². The summed E-state index contributed by atoms with van der Waals surface area (Å²) in [5, 5.41) is 11.0. The van der Waals surface area contributed by atoms with Crippen molar-refractivity contribution in [1.82, 2.24) is 0 Å². The maximum atomic E-state index is 13.1. The van der Waals surface area contributed by atoms with E-state index < -0.39 is 14.9 Å². The summed E-state index contributed by atoms with van der Waals surface area (Å²) in [6.45, 7) is 0.377. The number of sulfonamides is 1. The van der Waals surface area contributed by atoms with Crippen LogP contribution in [0.5, 0.6) is 0 Å². The van der Waals surface area contributed by atoms with Gasteiger partial charge in [-0.05, 0) is 37.0 Å². The third kappa shape index (κ3) is 3.12. The lowest BCUT2D eigenvalue weighted by molar-refractivity contribution is -0.385. The van der Waals surface area contributed by atoms with Crippen molar-refractivity contribution in [2.75, 3.05) is 10.8 Å². The first-order valence-corrected chi connectivity index (χ1v) is 9.29. The van der Waals surface area contributed by atoms with Crippen molar-refractivity contribution in [2.45, 2.75) is 30.6 Å². The van der Waals surface area contributed by atoms with Gasteiger partial charge in [0.25, 0.3) is 15.7 Å². The zero-order valence-corrected chi connectivity index (χ0v) is 13.9. The fraction of sp³-hybridized carbons (Fsp3) is 0.294. The van der Waals surface area contributed by atoms with Crippen molar-refractivity contribution in [1.29, 1.82) is 0 Å². The Balaban J connectivity index is 2.09. The molecule has 24 heavy (non-hydrogen) atoms. The second kappa shape index (κ2) is 6.60. The lowest BCUT2D eigenvalue weighted by Crippen LogP contribution is -2.33. The molecule has 0 N–H and O–H groups in total. The van der Waals surface area contributed by atoms with Crippen LogP contribution in [0.4, 0.5) is 11.4 Å². The Morgan fingerprint density at radius 1 is 1.00 bits per heavy atom. The first kappa shape index (κ1) is 16.4. The van der Waals surface area contributed by atoms with Crippen molar-refractivity contribution in [2.24, 2.45) is 0 Å². The molecule has 2 aromatic carbocycles. The van der Waals surface area contributed by atoms with Gasteiger partial charge in [0.15, 0.2) is 0 Å². The van der Waals surface area contributed by atoms with E-state index in [0.29, 0.717) is 12.2 Å². The molecule has 3 rings (SSSR count). The lowest BCUT2D eigenvalue weighted by Gasteiger charge is -2.28. The number of fused-ring (bicyclic) bond motifs is 1. The lowest BCUT2D eigenvalue weighted by atomic mass is 10.0. The highest BCUT2D eigenvalue weighted by molar-refractivity contribution is 7.92. The Labute approximate surface area is 140 Å². The molecule has 0 aromatic heterocycles. The topological polar surface area (TPSA) is 80.5 Å². The van der Waals surface area contributed by atoms with Crippen LogP contribution < -0.4 is 4.31 Å². The fourth-order valence-corrected chi connectivity index (χ4v) is 4.55. The van der Waals surface area contributed by atoms with Gasteiger partial charge in [0.1, 0.15) is 0 Å². The molecule has 0 bridgehead atoms. The normalized spacial score (nSPS) is 15.2. The predicted molar refractivity (Wildman–Crippen MR) is 91.6 cm³/mol. The molecule has 2 aromatic rings. The molecular formula is C17H18N2O4S. The maximum Gasteiger partial charge on any atom is 0.270 e. The number of nitro benzene ring substituents is 1. The molecule has 0 saturated heterocycles. The molecule has 0 radical (unpaired) electrons. The van der Waals surface area contributed by atoms with Crippen LogP contribution in [0, 0.1) is 10.1 Å². The van der Waals surface area contributed by atoms with Gasteiger partial charge in [-0.3, -0.25) is 14.4 Å². The molecule has 1 aliphatic heterocycles. The number of anilines is 1. The molecule has 0 amide bonds. The number of para-hydroxylation sites is 1. The number of non-ortho nitro benzene ring substituents is 1. The second-order valence-corrected chi connectivity index (χ2v) is 7.63. The van der Waals surface area contributed by atoms with E-state index >= 15 is 0 Å². The minimum Gasteiger partial charge on any atom is -0.266 e. The van der Waals surface area contributed by atoms with E-state index in [-0.39, 0.29) is 10.6 Å². The largest absolute Gasteiger partial charge is 0.270 e. The molecule has 1 heterocycles. The predicted octanol–water partition coefficient (Wildman–Crippen LogP) is 3.52. The molecule has 0 aliphatic carbocycles. The number of hydrogen-bond donors (Lipinski definition) is 0. The number of nitrogens with zero attached hydrogens (tertiary/aromatic N) is 2. The van der Waals surface area contributed by atoms with E-state index in [1.165, 1.54) is 22.5 Å². The summed E-state index contributed by atoms with van der Waals surface area (Å²) in [5.41, 5.74) is 1.44. The van der Waals surface area contributed by atoms with Gasteiger partial charge in [0.2, 0.25) is 0 Å². The van der Waals surface area contributed by atoms with Crippen molar-refractivity contribution >= 4 is 21.4 Å². The SMILES string of the molecule is O=[N+]([O-])c1cccc(S(=O)(=O)N2CCCCCc3ccccc32)c1. The van der Waals surface area contributed by atoms with Crippen LogP contribution >= 0.6 is 0 Å². The summed E-state index contributed by atoms with van der Waals surface area (Å²) >= 11 is 0. The van der Waals surface area contributed by atoms with Gasteiger partial charge in [-0.15, -0.1) is 0 Å². The summed E-state index contributed by atoms with van der Waals surface area (Å²) < 4.78 is 27.6. The van der Waals surface area contributed by atoms with Crippen molar-refractivity contribution in [3.05, 3.63) is 64.2 Å². The van der Waals surface area contributed by atoms with E-state index in [1.807, 2.05) is 18.2 Å². The number of benzene rings is 2. The Hall–Kier alpha value is -2.41. The van der Waals surface area contributed by atoms with Crippen LogP contribution in [0.15, 0.2) is 53.4 Å². The highest BCUT2D eigenvalue weighted by atomic mass is 32.2. The Morgan fingerprint density at radius 2 is 1.79 bits per heavy atom. The third-order valence-electron chi connectivity index (χ3n) is 4.18. The summed E-state index contributed by atoms with van der Waals surface area (Å²) in [6.07, 6.45) is 3.58.